The quantitative estimate of drug-likeness (QED) is 0.755. The predicted octanol–water partition coefficient (Wildman–Crippen LogP) is 2.38. The maximum absolute atomic E-state index is 13.6. The molecule has 0 amide bonds. The van der Waals surface area contributed by atoms with E-state index in [9.17, 15) is 4.39 Å². The van der Waals surface area contributed by atoms with Gasteiger partial charge in [0.05, 0.1) is 5.52 Å². The number of nitrogens with one attached hydrogen (secondary N) is 2. The molecule has 0 aliphatic heterocycles. The maximum Gasteiger partial charge on any atom is 0.147 e. The Balaban J connectivity index is 2.18. The number of benzene rings is 1. The van der Waals surface area contributed by atoms with Crippen LogP contribution in [-0.4, -0.2) is 18.1 Å². The molecule has 2 N–H and O–H groups in total. The smallest absolute Gasteiger partial charge is 0.147 e. The third kappa shape index (κ3) is 1.35. The van der Waals surface area contributed by atoms with Gasteiger partial charge >= 0.3 is 0 Å². The van der Waals surface area contributed by atoms with Crippen molar-refractivity contribution in [1.29, 1.82) is 0 Å². The van der Waals surface area contributed by atoms with Crippen molar-refractivity contribution >= 4 is 10.9 Å². The van der Waals surface area contributed by atoms with Crippen molar-refractivity contribution in [2.45, 2.75) is 25.3 Å². The van der Waals surface area contributed by atoms with Crippen LogP contribution in [0.2, 0.25) is 0 Å². The van der Waals surface area contributed by atoms with Crippen molar-refractivity contribution in [3.8, 4) is 0 Å². The molecule has 0 fully saturated rings. The Labute approximate surface area is 93.9 Å². The van der Waals surface area contributed by atoms with Crippen molar-refractivity contribution < 1.29 is 4.39 Å². The average molecular weight is 218 g/mol. The van der Waals surface area contributed by atoms with Crippen LogP contribution >= 0.6 is 0 Å². The van der Waals surface area contributed by atoms with E-state index in [-0.39, 0.29) is 5.82 Å². The van der Waals surface area contributed by atoms with Gasteiger partial charge in [-0.2, -0.15) is 0 Å². The largest absolute Gasteiger partial charge is 0.356 e. The fraction of sp³-hybridized carbons (Fsp3) is 0.385. The highest BCUT2D eigenvalue weighted by Crippen LogP contribution is 2.30. The first-order valence-electron chi connectivity index (χ1n) is 5.75. The van der Waals surface area contributed by atoms with E-state index in [4.69, 9.17) is 0 Å². The molecule has 2 aromatic rings. The number of H-pyrrole nitrogens is 1. The number of aromatic amines is 1. The number of aromatic nitrogens is 1. The topological polar surface area (TPSA) is 27.8 Å². The van der Waals surface area contributed by atoms with E-state index in [1.165, 1.54) is 17.3 Å². The van der Waals surface area contributed by atoms with Crippen LogP contribution in [0.25, 0.3) is 10.9 Å². The molecule has 1 atom stereocenters. The monoisotopic (exact) mass is 218 g/mol. The summed E-state index contributed by atoms with van der Waals surface area (Å²) in [6, 6.07) is 5.83. The van der Waals surface area contributed by atoms with Crippen LogP contribution in [0.15, 0.2) is 18.2 Å². The van der Waals surface area contributed by atoms with Crippen LogP contribution in [0.1, 0.15) is 17.7 Å². The van der Waals surface area contributed by atoms with Gasteiger partial charge in [0.25, 0.3) is 0 Å². The summed E-state index contributed by atoms with van der Waals surface area (Å²) < 4.78 is 13.6. The van der Waals surface area contributed by atoms with Gasteiger partial charge in [0, 0.05) is 17.1 Å². The third-order valence-corrected chi connectivity index (χ3v) is 3.58. The van der Waals surface area contributed by atoms with Gasteiger partial charge in [-0.15, -0.1) is 0 Å². The number of aryl methyl sites for hydroxylation is 1. The van der Waals surface area contributed by atoms with E-state index in [2.05, 4.69) is 10.3 Å². The summed E-state index contributed by atoms with van der Waals surface area (Å²) >= 11 is 0. The van der Waals surface area contributed by atoms with Crippen LogP contribution in [0.3, 0.4) is 0 Å². The zero-order valence-corrected chi connectivity index (χ0v) is 9.31. The Morgan fingerprint density at radius 1 is 1.44 bits per heavy atom. The minimum Gasteiger partial charge on any atom is -0.356 e. The van der Waals surface area contributed by atoms with Crippen molar-refractivity contribution in [3.63, 3.8) is 0 Å². The fourth-order valence-electron chi connectivity index (χ4n) is 2.65. The summed E-state index contributed by atoms with van der Waals surface area (Å²) in [5, 5.41) is 4.36. The van der Waals surface area contributed by atoms with Crippen LogP contribution in [0, 0.1) is 5.82 Å². The van der Waals surface area contributed by atoms with Crippen LogP contribution in [0.4, 0.5) is 4.39 Å². The van der Waals surface area contributed by atoms with Gasteiger partial charge in [-0.3, -0.25) is 0 Å². The maximum atomic E-state index is 13.6. The molecule has 3 heteroatoms. The van der Waals surface area contributed by atoms with Gasteiger partial charge in [-0.25, -0.2) is 4.39 Å². The highest BCUT2D eigenvalue weighted by molar-refractivity contribution is 5.85. The lowest BCUT2D eigenvalue weighted by molar-refractivity contribution is 0.495. The van der Waals surface area contributed by atoms with Crippen LogP contribution in [-0.2, 0) is 12.8 Å². The molecule has 1 heterocycles. The van der Waals surface area contributed by atoms with Gasteiger partial charge < -0.3 is 10.3 Å². The molecule has 1 aliphatic rings. The summed E-state index contributed by atoms with van der Waals surface area (Å²) in [7, 11) is 1.99. The van der Waals surface area contributed by atoms with E-state index < -0.39 is 0 Å². The second-order valence-electron chi connectivity index (χ2n) is 4.47. The molecule has 0 saturated carbocycles. The standard InChI is InChI=1S/C13H15FN2/c1-15-8-5-6-12-10(7-8)9-3-2-4-11(14)13(9)16-12/h2-4,8,15-16H,5-7H2,1H3. The zero-order valence-electron chi connectivity index (χ0n) is 9.31. The number of rotatable bonds is 1. The van der Waals surface area contributed by atoms with Crippen molar-refractivity contribution in [2.75, 3.05) is 7.05 Å². The Morgan fingerprint density at radius 3 is 3.12 bits per heavy atom. The molecule has 2 nitrogen and oxygen atoms in total. The zero-order chi connectivity index (χ0) is 11.1. The summed E-state index contributed by atoms with van der Waals surface area (Å²) in [5.74, 6) is -0.145. The highest BCUT2D eigenvalue weighted by atomic mass is 19.1. The normalized spacial score (nSPS) is 20.0. The lowest BCUT2D eigenvalue weighted by Crippen LogP contribution is -2.31. The van der Waals surface area contributed by atoms with Crippen LogP contribution < -0.4 is 5.32 Å². The molecule has 1 aromatic carbocycles. The Bertz CT molecular complexity index is 530. The Hall–Kier alpha value is -1.35. The number of likely N-dealkylation sites (N-methyl/N-ethyl adjacent to an activating group) is 1. The second kappa shape index (κ2) is 3.59. The molecular weight excluding hydrogens is 203 g/mol. The molecule has 3 rings (SSSR count). The fourth-order valence-corrected chi connectivity index (χ4v) is 2.65. The molecule has 84 valence electrons. The number of hydrogen-bond acceptors (Lipinski definition) is 1. The van der Waals surface area contributed by atoms with Gasteiger partial charge in [-0.1, -0.05) is 12.1 Å². The summed E-state index contributed by atoms with van der Waals surface area (Å²) in [5.41, 5.74) is 3.18. The molecule has 0 spiro atoms. The first-order valence-corrected chi connectivity index (χ1v) is 5.75. The molecular formula is C13H15FN2. The minimum absolute atomic E-state index is 0.145. The summed E-state index contributed by atoms with van der Waals surface area (Å²) in [4.78, 5) is 3.23. The third-order valence-electron chi connectivity index (χ3n) is 3.58. The number of halogens is 1. The van der Waals surface area contributed by atoms with Gasteiger partial charge in [-0.05, 0) is 37.9 Å². The minimum atomic E-state index is -0.145. The highest BCUT2D eigenvalue weighted by Gasteiger charge is 2.22. The van der Waals surface area contributed by atoms with E-state index in [0.29, 0.717) is 11.6 Å². The van der Waals surface area contributed by atoms with Crippen molar-refractivity contribution in [3.05, 3.63) is 35.3 Å². The SMILES string of the molecule is CNC1CCc2[nH]c3c(F)cccc3c2C1. The summed E-state index contributed by atoms with van der Waals surface area (Å²) in [6.45, 7) is 0. The molecule has 0 bridgehead atoms. The van der Waals surface area contributed by atoms with Crippen molar-refractivity contribution in [2.24, 2.45) is 0 Å². The second-order valence-corrected chi connectivity index (χ2v) is 4.47. The predicted molar refractivity (Wildman–Crippen MR) is 63.1 cm³/mol. The first-order chi connectivity index (χ1) is 7.79. The van der Waals surface area contributed by atoms with Gasteiger partial charge in [0.1, 0.15) is 5.82 Å². The first kappa shape index (κ1) is 9.85. The lowest BCUT2D eigenvalue weighted by atomic mass is 9.91. The molecule has 0 saturated heterocycles. The van der Waals surface area contributed by atoms with Crippen LogP contribution in [0.5, 0.6) is 0 Å². The molecule has 1 aromatic heterocycles. The van der Waals surface area contributed by atoms with E-state index in [1.807, 2.05) is 13.1 Å². The summed E-state index contributed by atoms with van der Waals surface area (Å²) in [6.07, 6.45) is 3.13. The molecule has 1 unspecified atom stereocenters. The van der Waals surface area contributed by atoms with E-state index in [0.717, 1.165) is 24.6 Å². The number of para-hydroxylation sites is 1. The van der Waals surface area contributed by atoms with E-state index >= 15 is 0 Å². The lowest BCUT2D eigenvalue weighted by Gasteiger charge is -2.21. The Kier molecular flexibility index (Phi) is 2.21. The Morgan fingerprint density at radius 2 is 2.31 bits per heavy atom. The number of fused-ring (bicyclic) bond motifs is 3. The van der Waals surface area contributed by atoms with Gasteiger partial charge in [0.2, 0.25) is 0 Å². The van der Waals surface area contributed by atoms with E-state index in [1.54, 1.807) is 6.07 Å². The average Bonchev–Trinajstić information content (AvgIpc) is 2.68. The number of hydrogen-bond donors (Lipinski definition) is 2. The van der Waals surface area contributed by atoms with Crippen molar-refractivity contribution in [1.82, 2.24) is 10.3 Å². The molecule has 0 radical (unpaired) electrons. The molecule has 1 aliphatic carbocycles. The van der Waals surface area contributed by atoms with Gasteiger partial charge in [0.15, 0.2) is 0 Å². The molecule has 16 heavy (non-hydrogen) atoms.